The Hall–Kier alpha value is -3.07. The van der Waals surface area contributed by atoms with Crippen LogP contribution in [0.25, 0.3) is 38.5 Å². The molecule has 0 fully saturated rings. The Bertz CT molecular complexity index is 1540. The van der Waals surface area contributed by atoms with Crippen molar-refractivity contribution in [3.63, 3.8) is 0 Å². The maximum Gasteiger partial charge on any atom is 0.330 e. The molecule has 2 aromatic carbocycles. The van der Waals surface area contributed by atoms with Gasteiger partial charge >= 0.3 is 5.82 Å². The first-order valence-corrected chi connectivity index (χ1v) is 11.6. The Balaban J connectivity index is 1.72. The predicted molar refractivity (Wildman–Crippen MR) is 132 cm³/mol. The first kappa shape index (κ1) is 19.6. The van der Waals surface area contributed by atoms with Gasteiger partial charge in [-0.1, -0.05) is 39.8 Å². The number of aryl methyl sites for hydroxylation is 2. The van der Waals surface area contributed by atoms with Crippen LogP contribution in [-0.4, -0.2) is 4.57 Å². The van der Waals surface area contributed by atoms with Crippen LogP contribution in [0.4, 0.5) is 0 Å². The quantitative estimate of drug-likeness (QED) is 0.266. The Labute approximate surface area is 189 Å². The van der Waals surface area contributed by atoms with Gasteiger partial charge < -0.3 is 4.42 Å². The third-order valence-corrected chi connectivity index (χ3v) is 7.83. The van der Waals surface area contributed by atoms with E-state index in [0.717, 1.165) is 17.0 Å². The van der Waals surface area contributed by atoms with Gasteiger partial charge in [-0.05, 0) is 82.8 Å². The second-order valence-electron chi connectivity index (χ2n) is 10.9. The van der Waals surface area contributed by atoms with Gasteiger partial charge in [-0.2, -0.15) is 0 Å². The van der Waals surface area contributed by atoms with E-state index in [4.69, 9.17) is 4.42 Å². The molecule has 32 heavy (non-hydrogen) atoms. The molecule has 0 bridgehead atoms. The highest BCUT2D eigenvalue weighted by Gasteiger charge is 2.38. The minimum atomic E-state index is 0.157. The fourth-order valence-electron chi connectivity index (χ4n) is 5.84. The van der Waals surface area contributed by atoms with Crippen LogP contribution in [0.15, 0.2) is 59.3 Å². The Morgan fingerprint density at radius 1 is 0.906 bits per heavy atom. The van der Waals surface area contributed by atoms with Crippen LogP contribution in [0.3, 0.4) is 0 Å². The molecule has 0 atom stereocenters. The molecule has 162 valence electrons. The molecule has 0 saturated heterocycles. The fourth-order valence-corrected chi connectivity index (χ4v) is 5.84. The molecule has 0 radical (unpaired) electrons. The van der Waals surface area contributed by atoms with Crippen LogP contribution >= 0.6 is 0 Å². The van der Waals surface area contributed by atoms with Crippen molar-refractivity contribution >= 4 is 32.7 Å². The van der Waals surface area contributed by atoms with Crippen molar-refractivity contribution in [2.45, 2.75) is 58.3 Å². The monoisotopic (exact) mass is 423 g/mol. The topological polar surface area (TPSA) is 21.9 Å². The van der Waals surface area contributed by atoms with E-state index in [9.17, 15) is 0 Å². The summed E-state index contributed by atoms with van der Waals surface area (Å²) in [6.07, 6.45) is 6.67. The zero-order valence-electron chi connectivity index (χ0n) is 19.9. The average Bonchev–Trinajstić information content (AvgIpc) is 3.32. The molecule has 0 N–H and O–H groups in total. The van der Waals surface area contributed by atoms with Crippen molar-refractivity contribution in [3.8, 4) is 5.82 Å². The first-order chi connectivity index (χ1) is 15.2. The van der Waals surface area contributed by atoms with E-state index >= 15 is 0 Å². The van der Waals surface area contributed by atoms with E-state index in [1.807, 2.05) is 0 Å². The summed E-state index contributed by atoms with van der Waals surface area (Å²) in [6.45, 7) is 11.7. The van der Waals surface area contributed by atoms with Crippen molar-refractivity contribution in [1.29, 1.82) is 0 Å². The highest BCUT2D eigenvalue weighted by Crippen LogP contribution is 2.49. The smallest absolute Gasteiger partial charge is 0.330 e. The lowest BCUT2D eigenvalue weighted by atomic mass is 9.62. The molecule has 5 aromatic rings. The zero-order chi connectivity index (χ0) is 22.4. The molecule has 3 heteroatoms. The number of hydrogen-bond acceptors (Lipinski definition) is 1. The maximum absolute atomic E-state index is 6.62. The summed E-state index contributed by atoms with van der Waals surface area (Å²) in [6, 6.07) is 15.7. The number of rotatable bonds is 1. The lowest BCUT2D eigenvalue weighted by molar-refractivity contribution is -0.664. The van der Waals surface area contributed by atoms with Gasteiger partial charge in [-0.25, -0.2) is 9.13 Å². The number of pyridine rings is 1. The largest absolute Gasteiger partial charge is 0.447 e. The highest BCUT2D eigenvalue weighted by molar-refractivity contribution is 6.11. The molecule has 3 aromatic heterocycles. The van der Waals surface area contributed by atoms with Crippen LogP contribution in [0.5, 0.6) is 0 Å². The van der Waals surface area contributed by atoms with E-state index in [2.05, 4.69) is 106 Å². The maximum atomic E-state index is 6.62. The summed E-state index contributed by atoms with van der Waals surface area (Å²) in [5.41, 5.74) is 6.45. The van der Waals surface area contributed by atoms with Crippen molar-refractivity contribution in [2.24, 2.45) is 7.05 Å². The van der Waals surface area contributed by atoms with Crippen molar-refractivity contribution in [2.75, 3.05) is 0 Å². The van der Waals surface area contributed by atoms with E-state index in [1.54, 1.807) is 0 Å². The SMILES string of the molecule is Cc1cccn1-c1c2oc3cc4c5c(ccc4cc3c2cc[n+]1C)C(C)(C)CCC5(C)C. The molecule has 0 saturated carbocycles. The Kier molecular flexibility index (Phi) is 3.83. The summed E-state index contributed by atoms with van der Waals surface area (Å²) in [4.78, 5) is 0. The van der Waals surface area contributed by atoms with Crippen LogP contribution in [0.2, 0.25) is 0 Å². The second-order valence-corrected chi connectivity index (χ2v) is 10.9. The Morgan fingerprint density at radius 2 is 1.69 bits per heavy atom. The van der Waals surface area contributed by atoms with E-state index < -0.39 is 0 Å². The molecule has 1 aliphatic rings. The predicted octanol–water partition coefficient (Wildman–Crippen LogP) is 7.01. The van der Waals surface area contributed by atoms with Gasteiger partial charge in [0.2, 0.25) is 5.58 Å². The van der Waals surface area contributed by atoms with Crippen LogP contribution < -0.4 is 4.57 Å². The molecular formula is C29H31N2O+. The number of benzene rings is 2. The molecule has 6 rings (SSSR count). The van der Waals surface area contributed by atoms with Gasteiger partial charge in [-0.15, -0.1) is 0 Å². The standard InChI is InChI=1S/C29H31N2O/c1-18-8-7-14-31(18)27-26-20(11-15-30(27)6)22-16-19-9-10-23-25(21(19)17-24(22)32-26)29(4,5)13-12-28(23,2)3/h7-11,14-17H,12-13H2,1-6H3/q+1. The Morgan fingerprint density at radius 3 is 2.44 bits per heavy atom. The molecule has 3 heterocycles. The summed E-state index contributed by atoms with van der Waals surface area (Å²) in [5, 5.41) is 5.00. The van der Waals surface area contributed by atoms with Gasteiger partial charge in [0.15, 0.2) is 0 Å². The lowest BCUT2D eigenvalue weighted by Crippen LogP contribution is -2.34. The van der Waals surface area contributed by atoms with Gasteiger partial charge in [0.25, 0.3) is 0 Å². The van der Waals surface area contributed by atoms with Crippen molar-refractivity contribution in [3.05, 3.63) is 71.7 Å². The minimum absolute atomic E-state index is 0.157. The summed E-state index contributed by atoms with van der Waals surface area (Å²) < 4.78 is 11.0. The number of aromatic nitrogens is 2. The van der Waals surface area contributed by atoms with E-state index in [-0.39, 0.29) is 10.8 Å². The average molecular weight is 424 g/mol. The number of nitrogens with zero attached hydrogens (tertiary/aromatic N) is 2. The van der Waals surface area contributed by atoms with E-state index in [0.29, 0.717) is 0 Å². The van der Waals surface area contributed by atoms with Crippen LogP contribution in [0, 0.1) is 6.92 Å². The molecule has 1 aliphatic carbocycles. The molecule has 3 nitrogen and oxygen atoms in total. The second kappa shape index (κ2) is 6.25. The van der Waals surface area contributed by atoms with Gasteiger partial charge in [0.05, 0.1) is 19.4 Å². The van der Waals surface area contributed by atoms with Gasteiger partial charge in [0.1, 0.15) is 11.3 Å². The van der Waals surface area contributed by atoms with Crippen LogP contribution in [-0.2, 0) is 17.9 Å². The third-order valence-electron chi connectivity index (χ3n) is 7.83. The number of fused-ring (bicyclic) bond motifs is 6. The van der Waals surface area contributed by atoms with Crippen molar-refractivity contribution in [1.82, 2.24) is 4.57 Å². The number of hydrogen-bond donors (Lipinski definition) is 0. The molecule has 0 aliphatic heterocycles. The lowest BCUT2D eigenvalue weighted by Gasteiger charge is -2.42. The van der Waals surface area contributed by atoms with Crippen LogP contribution in [0.1, 0.15) is 57.4 Å². The summed E-state index contributed by atoms with van der Waals surface area (Å²) in [7, 11) is 2.08. The first-order valence-electron chi connectivity index (χ1n) is 11.6. The van der Waals surface area contributed by atoms with Crippen molar-refractivity contribution < 1.29 is 8.98 Å². The minimum Gasteiger partial charge on any atom is -0.447 e. The summed E-state index contributed by atoms with van der Waals surface area (Å²) >= 11 is 0. The molecule has 0 spiro atoms. The van der Waals surface area contributed by atoms with E-state index in [1.165, 1.54) is 51.2 Å². The fraction of sp³-hybridized carbons (Fsp3) is 0.345. The summed E-state index contributed by atoms with van der Waals surface area (Å²) in [5.74, 6) is 1.06. The van der Waals surface area contributed by atoms with Gasteiger partial charge in [0, 0.05) is 10.8 Å². The normalized spacial score (nSPS) is 17.3. The zero-order valence-corrected chi connectivity index (χ0v) is 19.9. The molecule has 0 unspecified atom stereocenters. The van der Waals surface area contributed by atoms with Gasteiger partial charge in [-0.3, -0.25) is 0 Å². The number of furan rings is 1. The highest BCUT2D eigenvalue weighted by atomic mass is 16.3. The third kappa shape index (κ3) is 2.57. The molecular weight excluding hydrogens is 392 g/mol. The molecule has 0 amide bonds.